The van der Waals surface area contributed by atoms with Gasteiger partial charge in [0.2, 0.25) is 0 Å². The van der Waals surface area contributed by atoms with Crippen LogP contribution in [0.1, 0.15) is 109 Å². The second-order valence-electron chi connectivity index (χ2n) is 9.50. The first-order chi connectivity index (χ1) is 15.4. The molecule has 0 aliphatic heterocycles. The number of benzene rings is 3. The molecule has 168 valence electrons. The minimum Gasteiger partial charge on any atom is -0.0654 e. The van der Waals surface area contributed by atoms with Crippen LogP contribution in [0.3, 0.4) is 0 Å². The van der Waals surface area contributed by atoms with Gasteiger partial charge < -0.3 is 0 Å². The van der Waals surface area contributed by atoms with Gasteiger partial charge in [0.15, 0.2) is 0 Å². The maximum atomic E-state index is 2.33. The molecule has 3 aromatic carbocycles. The van der Waals surface area contributed by atoms with Gasteiger partial charge in [-0.3, -0.25) is 0 Å². The lowest BCUT2D eigenvalue weighted by molar-refractivity contribution is 0.532. The van der Waals surface area contributed by atoms with Gasteiger partial charge in [0.25, 0.3) is 0 Å². The molecule has 0 unspecified atom stereocenters. The third-order valence-corrected chi connectivity index (χ3v) is 6.93. The van der Waals surface area contributed by atoms with Crippen molar-refractivity contribution >= 4 is 21.5 Å². The van der Waals surface area contributed by atoms with E-state index in [1.807, 2.05) is 0 Å². The minimum atomic E-state index is 1.22. The Bertz CT molecular complexity index is 875. The minimum absolute atomic E-state index is 1.22. The quantitative estimate of drug-likeness (QED) is 0.161. The van der Waals surface area contributed by atoms with Crippen LogP contribution in [0.15, 0.2) is 54.6 Å². The van der Waals surface area contributed by atoms with E-state index in [0.717, 1.165) is 0 Å². The summed E-state index contributed by atoms with van der Waals surface area (Å²) in [6.07, 6.45) is 22.7. The fourth-order valence-corrected chi connectivity index (χ4v) is 5.01. The zero-order valence-electron chi connectivity index (χ0n) is 20.0. The van der Waals surface area contributed by atoms with Crippen molar-refractivity contribution in [2.45, 2.75) is 110 Å². The Morgan fingerprint density at radius 1 is 0.419 bits per heavy atom. The van der Waals surface area contributed by atoms with Crippen LogP contribution in [0.4, 0.5) is 0 Å². The van der Waals surface area contributed by atoms with Crippen LogP contribution >= 0.6 is 0 Å². The van der Waals surface area contributed by atoms with Crippen molar-refractivity contribution in [2.24, 2.45) is 0 Å². The topological polar surface area (TPSA) is 0 Å². The molecule has 0 aromatic heterocycles. The molecule has 0 aliphatic rings. The van der Waals surface area contributed by atoms with Crippen molar-refractivity contribution in [1.82, 2.24) is 0 Å². The maximum absolute atomic E-state index is 2.33. The van der Waals surface area contributed by atoms with Crippen molar-refractivity contribution in [2.75, 3.05) is 0 Å². The molecule has 0 spiro atoms. The fraction of sp³-hybridized carbons (Fsp3) is 0.548. The largest absolute Gasteiger partial charge is 0.0654 e. The van der Waals surface area contributed by atoms with Crippen LogP contribution in [0.25, 0.3) is 21.5 Å². The van der Waals surface area contributed by atoms with Crippen molar-refractivity contribution in [1.29, 1.82) is 0 Å². The predicted molar refractivity (Wildman–Crippen MR) is 140 cm³/mol. The summed E-state index contributed by atoms with van der Waals surface area (Å²) < 4.78 is 0. The first-order valence-electron chi connectivity index (χ1n) is 13.3. The SMILES string of the molecule is CCCCCCCCCCCCCCCCCc1cccc2c1ccc1ccccc12. The van der Waals surface area contributed by atoms with E-state index in [1.165, 1.54) is 130 Å². The van der Waals surface area contributed by atoms with Gasteiger partial charge in [-0.15, -0.1) is 0 Å². The van der Waals surface area contributed by atoms with Gasteiger partial charge in [-0.2, -0.15) is 0 Å². The number of unbranched alkanes of at least 4 members (excludes halogenated alkanes) is 14. The molecule has 0 saturated heterocycles. The van der Waals surface area contributed by atoms with E-state index in [1.54, 1.807) is 0 Å². The van der Waals surface area contributed by atoms with Crippen LogP contribution in [0.2, 0.25) is 0 Å². The highest BCUT2D eigenvalue weighted by molar-refractivity contribution is 6.08. The van der Waals surface area contributed by atoms with Crippen LogP contribution < -0.4 is 0 Å². The molecule has 0 atom stereocenters. The molecule has 0 heterocycles. The summed E-state index contributed by atoms with van der Waals surface area (Å²) in [5.41, 5.74) is 1.53. The zero-order valence-corrected chi connectivity index (χ0v) is 20.0. The molecule has 0 radical (unpaired) electrons. The molecule has 3 aromatic rings. The summed E-state index contributed by atoms with van der Waals surface area (Å²) in [5.74, 6) is 0. The molecular formula is C31H44. The number of aryl methyl sites for hydroxylation is 1. The molecule has 0 aliphatic carbocycles. The monoisotopic (exact) mass is 416 g/mol. The predicted octanol–water partition coefficient (Wildman–Crippen LogP) is 10.4. The van der Waals surface area contributed by atoms with Crippen molar-refractivity contribution in [3.8, 4) is 0 Å². The van der Waals surface area contributed by atoms with Crippen molar-refractivity contribution in [3.05, 3.63) is 60.2 Å². The Kier molecular flexibility index (Phi) is 11.0. The zero-order chi connectivity index (χ0) is 21.6. The summed E-state index contributed by atoms with van der Waals surface area (Å²) in [6.45, 7) is 2.30. The van der Waals surface area contributed by atoms with Crippen LogP contribution in [0.5, 0.6) is 0 Å². The molecule has 0 nitrogen and oxygen atoms in total. The Morgan fingerprint density at radius 2 is 0.968 bits per heavy atom. The molecule has 3 rings (SSSR count). The summed E-state index contributed by atoms with van der Waals surface area (Å²) in [6, 6.07) is 20.2. The van der Waals surface area contributed by atoms with Crippen molar-refractivity contribution in [3.63, 3.8) is 0 Å². The summed E-state index contributed by atoms with van der Waals surface area (Å²) in [5, 5.41) is 5.60. The van der Waals surface area contributed by atoms with Gasteiger partial charge in [0, 0.05) is 0 Å². The van der Waals surface area contributed by atoms with Gasteiger partial charge >= 0.3 is 0 Å². The molecule has 31 heavy (non-hydrogen) atoms. The average Bonchev–Trinajstić information content (AvgIpc) is 2.81. The standard InChI is InChI=1S/C31H44/c1-2-3-4-5-6-7-8-9-10-11-12-13-14-15-16-20-27-22-19-24-31-29-23-18-17-21-28(29)25-26-30(27)31/h17-19,21-26H,2-16,20H2,1H3. The Hall–Kier alpha value is -1.82. The summed E-state index contributed by atoms with van der Waals surface area (Å²) in [7, 11) is 0. The van der Waals surface area contributed by atoms with Gasteiger partial charge in [-0.05, 0) is 39.9 Å². The molecular weight excluding hydrogens is 372 g/mol. The normalized spacial score (nSPS) is 11.5. The summed E-state index contributed by atoms with van der Waals surface area (Å²) >= 11 is 0. The molecule has 0 bridgehead atoms. The van der Waals surface area contributed by atoms with E-state index in [2.05, 4.69) is 61.5 Å². The van der Waals surface area contributed by atoms with Crippen LogP contribution in [-0.4, -0.2) is 0 Å². The highest BCUT2D eigenvalue weighted by atomic mass is 14.1. The molecule has 0 fully saturated rings. The first-order valence-corrected chi connectivity index (χ1v) is 13.3. The van der Waals surface area contributed by atoms with Crippen LogP contribution in [0, 0.1) is 0 Å². The Morgan fingerprint density at radius 3 is 1.61 bits per heavy atom. The number of rotatable bonds is 16. The lowest BCUT2D eigenvalue weighted by Gasteiger charge is -2.09. The third-order valence-electron chi connectivity index (χ3n) is 6.93. The highest BCUT2D eigenvalue weighted by Gasteiger charge is 2.04. The second kappa shape index (κ2) is 14.3. The smallest absolute Gasteiger partial charge is 0.0103 e. The van der Waals surface area contributed by atoms with E-state index in [4.69, 9.17) is 0 Å². The van der Waals surface area contributed by atoms with E-state index >= 15 is 0 Å². The van der Waals surface area contributed by atoms with Crippen molar-refractivity contribution < 1.29 is 0 Å². The number of fused-ring (bicyclic) bond motifs is 3. The van der Waals surface area contributed by atoms with E-state index in [0.29, 0.717) is 0 Å². The molecule has 0 heteroatoms. The van der Waals surface area contributed by atoms with Gasteiger partial charge in [-0.1, -0.05) is 151 Å². The van der Waals surface area contributed by atoms with Crippen LogP contribution in [-0.2, 0) is 6.42 Å². The Balaban J connectivity index is 1.25. The first kappa shape index (κ1) is 23.8. The average molecular weight is 417 g/mol. The number of hydrogen-bond donors (Lipinski definition) is 0. The number of hydrogen-bond acceptors (Lipinski definition) is 0. The third kappa shape index (κ3) is 7.99. The Labute approximate surface area is 191 Å². The maximum Gasteiger partial charge on any atom is -0.0103 e. The highest BCUT2D eigenvalue weighted by Crippen LogP contribution is 2.28. The van der Waals surface area contributed by atoms with Gasteiger partial charge in [-0.25, -0.2) is 0 Å². The molecule has 0 amide bonds. The fourth-order valence-electron chi connectivity index (χ4n) is 5.01. The molecule has 0 saturated carbocycles. The van der Waals surface area contributed by atoms with Gasteiger partial charge in [0.05, 0.1) is 0 Å². The summed E-state index contributed by atoms with van der Waals surface area (Å²) in [4.78, 5) is 0. The second-order valence-corrected chi connectivity index (χ2v) is 9.50. The molecule has 0 N–H and O–H groups in total. The van der Waals surface area contributed by atoms with E-state index in [9.17, 15) is 0 Å². The van der Waals surface area contributed by atoms with E-state index < -0.39 is 0 Å². The lowest BCUT2D eigenvalue weighted by atomic mass is 9.95. The van der Waals surface area contributed by atoms with Gasteiger partial charge in [0.1, 0.15) is 0 Å². The van der Waals surface area contributed by atoms with E-state index in [-0.39, 0.29) is 0 Å². The lowest BCUT2D eigenvalue weighted by Crippen LogP contribution is -1.89.